The first-order chi connectivity index (χ1) is 12.1. The average Bonchev–Trinajstić information content (AvgIpc) is 2.63. The van der Waals surface area contributed by atoms with E-state index in [1.807, 2.05) is 55.5 Å². The molecule has 25 heavy (non-hydrogen) atoms. The van der Waals surface area contributed by atoms with E-state index in [0.717, 1.165) is 5.69 Å². The summed E-state index contributed by atoms with van der Waals surface area (Å²) in [5, 5.41) is 9.31. The number of carboxylic acids is 1. The molecule has 5 nitrogen and oxygen atoms in total. The molecule has 1 saturated heterocycles. The van der Waals surface area contributed by atoms with Gasteiger partial charge in [0.2, 0.25) is 0 Å². The standard InChI is InChI=1S/C20H22N2O3/c1-15-13-22(17-10-6-3-7-11-17)18(12-19(23)24)14-21(15)20(25)16-8-4-2-5-9-16/h2-11,15,18H,12-14H2,1H3,(H,23,24)/t15-,18-/m1/s1. The van der Waals surface area contributed by atoms with E-state index in [0.29, 0.717) is 18.7 Å². The minimum absolute atomic E-state index is 0.000183. The van der Waals surface area contributed by atoms with Crippen LogP contribution in [0, 0.1) is 0 Å². The van der Waals surface area contributed by atoms with Gasteiger partial charge in [-0.15, -0.1) is 0 Å². The second kappa shape index (κ2) is 7.38. The predicted molar refractivity (Wildman–Crippen MR) is 96.8 cm³/mol. The van der Waals surface area contributed by atoms with Gasteiger partial charge in [0.25, 0.3) is 5.91 Å². The van der Waals surface area contributed by atoms with Crippen LogP contribution >= 0.6 is 0 Å². The molecule has 1 aliphatic heterocycles. The van der Waals surface area contributed by atoms with Crippen LogP contribution in [-0.2, 0) is 4.79 Å². The SMILES string of the molecule is C[C@@H]1CN(c2ccccc2)[C@H](CC(=O)O)CN1C(=O)c1ccccc1. The zero-order chi connectivity index (χ0) is 17.8. The molecule has 0 aromatic heterocycles. The molecule has 1 N–H and O–H groups in total. The van der Waals surface area contributed by atoms with Crippen molar-refractivity contribution >= 4 is 17.6 Å². The van der Waals surface area contributed by atoms with Gasteiger partial charge in [-0.05, 0) is 31.2 Å². The van der Waals surface area contributed by atoms with Crippen LogP contribution in [0.1, 0.15) is 23.7 Å². The van der Waals surface area contributed by atoms with Gasteiger partial charge in [0.15, 0.2) is 0 Å². The number of para-hydroxylation sites is 1. The van der Waals surface area contributed by atoms with E-state index < -0.39 is 5.97 Å². The van der Waals surface area contributed by atoms with Crippen LogP contribution in [0.25, 0.3) is 0 Å². The molecular weight excluding hydrogens is 316 g/mol. The van der Waals surface area contributed by atoms with Gasteiger partial charge in [-0.25, -0.2) is 0 Å². The Balaban J connectivity index is 1.85. The molecule has 130 valence electrons. The molecule has 0 radical (unpaired) electrons. The first kappa shape index (κ1) is 17.0. The maximum absolute atomic E-state index is 12.8. The third-order valence-electron chi connectivity index (χ3n) is 4.62. The largest absolute Gasteiger partial charge is 0.481 e. The number of benzene rings is 2. The number of hydrogen-bond donors (Lipinski definition) is 1. The van der Waals surface area contributed by atoms with Crippen molar-refractivity contribution in [3.05, 3.63) is 66.2 Å². The molecule has 2 aromatic carbocycles. The molecule has 2 aromatic rings. The van der Waals surface area contributed by atoms with E-state index in [-0.39, 0.29) is 24.4 Å². The number of piperazine rings is 1. The van der Waals surface area contributed by atoms with Gasteiger partial charge in [-0.2, -0.15) is 0 Å². The van der Waals surface area contributed by atoms with Crippen molar-refractivity contribution in [2.24, 2.45) is 0 Å². The van der Waals surface area contributed by atoms with Crippen LogP contribution in [-0.4, -0.2) is 47.1 Å². The van der Waals surface area contributed by atoms with Crippen molar-refractivity contribution in [1.82, 2.24) is 4.90 Å². The molecule has 1 heterocycles. The average molecular weight is 338 g/mol. The predicted octanol–water partition coefficient (Wildman–Crippen LogP) is 2.88. The second-order valence-electron chi connectivity index (χ2n) is 6.41. The van der Waals surface area contributed by atoms with Crippen molar-refractivity contribution < 1.29 is 14.7 Å². The molecule has 1 amide bonds. The maximum atomic E-state index is 12.8. The summed E-state index contributed by atoms with van der Waals surface area (Å²) in [7, 11) is 0. The van der Waals surface area contributed by atoms with Gasteiger partial charge >= 0.3 is 5.97 Å². The van der Waals surface area contributed by atoms with E-state index in [9.17, 15) is 14.7 Å². The highest BCUT2D eigenvalue weighted by molar-refractivity contribution is 5.94. The summed E-state index contributed by atoms with van der Waals surface area (Å²) in [4.78, 5) is 28.1. The Hall–Kier alpha value is -2.82. The minimum atomic E-state index is -0.854. The highest BCUT2D eigenvalue weighted by Crippen LogP contribution is 2.26. The first-order valence-electron chi connectivity index (χ1n) is 8.45. The van der Waals surface area contributed by atoms with Gasteiger partial charge in [-0.1, -0.05) is 36.4 Å². The Kier molecular flexibility index (Phi) is 5.03. The van der Waals surface area contributed by atoms with Crippen molar-refractivity contribution in [1.29, 1.82) is 0 Å². The summed E-state index contributed by atoms with van der Waals surface area (Å²) < 4.78 is 0. The second-order valence-corrected chi connectivity index (χ2v) is 6.41. The summed E-state index contributed by atoms with van der Waals surface area (Å²) in [6.45, 7) is 3.02. The number of aliphatic carboxylic acids is 1. The number of carboxylic acid groups (broad SMARTS) is 1. The first-order valence-corrected chi connectivity index (χ1v) is 8.45. The monoisotopic (exact) mass is 338 g/mol. The number of carbonyl (C=O) groups excluding carboxylic acids is 1. The number of rotatable bonds is 4. The maximum Gasteiger partial charge on any atom is 0.305 e. The Morgan fingerprint density at radius 1 is 1.00 bits per heavy atom. The van der Waals surface area contributed by atoms with Crippen molar-refractivity contribution in [2.75, 3.05) is 18.0 Å². The summed E-state index contributed by atoms with van der Waals surface area (Å²) in [5.74, 6) is -0.899. The molecule has 5 heteroatoms. The number of nitrogens with zero attached hydrogens (tertiary/aromatic N) is 2. The Bertz CT molecular complexity index is 733. The molecule has 0 saturated carbocycles. The van der Waals surface area contributed by atoms with Crippen molar-refractivity contribution in [2.45, 2.75) is 25.4 Å². The molecule has 0 spiro atoms. The third-order valence-corrected chi connectivity index (χ3v) is 4.62. The Morgan fingerprint density at radius 2 is 1.60 bits per heavy atom. The van der Waals surface area contributed by atoms with Crippen LogP contribution in [0.2, 0.25) is 0 Å². The van der Waals surface area contributed by atoms with Gasteiger partial charge in [0, 0.05) is 30.4 Å². The van der Waals surface area contributed by atoms with Crippen molar-refractivity contribution in [3.8, 4) is 0 Å². The van der Waals surface area contributed by atoms with E-state index in [4.69, 9.17) is 0 Å². The van der Waals surface area contributed by atoms with Crippen molar-refractivity contribution in [3.63, 3.8) is 0 Å². The quantitative estimate of drug-likeness (QED) is 0.931. The fraction of sp³-hybridized carbons (Fsp3) is 0.300. The number of amides is 1. The lowest BCUT2D eigenvalue weighted by atomic mass is 10.0. The molecule has 2 atom stereocenters. The summed E-state index contributed by atoms with van der Waals surface area (Å²) in [6, 6.07) is 18.7. The number of hydrogen-bond acceptors (Lipinski definition) is 3. The zero-order valence-corrected chi connectivity index (χ0v) is 14.2. The zero-order valence-electron chi connectivity index (χ0n) is 14.2. The summed E-state index contributed by atoms with van der Waals surface area (Å²) in [6.07, 6.45) is 0.000183. The fourth-order valence-electron chi connectivity index (χ4n) is 3.38. The lowest BCUT2D eigenvalue weighted by Gasteiger charge is -2.46. The summed E-state index contributed by atoms with van der Waals surface area (Å²) in [5.41, 5.74) is 1.63. The van der Waals surface area contributed by atoms with Gasteiger partial charge in [0.05, 0.1) is 12.5 Å². The Labute approximate surface area is 147 Å². The van der Waals surface area contributed by atoms with Crippen LogP contribution in [0.4, 0.5) is 5.69 Å². The third kappa shape index (κ3) is 3.82. The van der Waals surface area contributed by atoms with Crippen LogP contribution in [0.15, 0.2) is 60.7 Å². The summed E-state index contributed by atoms with van der Waals surface area (Å²) >= 11 is 0. The van der Waals surface area contributed by atoms with Crippen LogP contribution < -0.4 is 4.90 Å². The van der Waals surface area contributed by atoms with Crippen LogP contribution in [0.5, 0.6) is 0 Å². The van der Waals surface area contributed by atoms with Crippen LogP contribution in [0.3, 0.4) is 0 Å². The van der Waals surface area contributed by atoms with Gasteiger partial charge < -0.3 is 14.9 Å². The minimum Gasteiger partial charge on any atom is -0.481 e. The smallest absolute Gasteiger partial charge is 0.305 e. The lowest BCUT2D eigenvalue weighted by molar-refractivity contribution is -0.137. The molecular formula is C20H22N2O3. The number of carbonyl (C=O) groups is 2. The van der Waals surface area contributed by atoms with E-state index in [2.05, 4.69) is 4.90 Å². The van der Waals surface area contributed by atoms with E-state index in [1.54, 1.807) is 17.0 Å². The lowest BCUT2D eigenvalue weighted by Crippen LogP contribution is -2.59. The molecule has 0 bridgehead atoms. The molecule has 1 fully saturated rings. The topological polar surface area (TPSA) is 60.9 Å². The normalized spacial score (nSPS) is 20.4. The van der Waals surface area contributed by atoms with Gasteiger partial charge in [0.1, 0.15) is 0 Å². The molecule has 0 unspecified atom stereocenters. The molecule has 0 aliphatic carbocycles. The van der Waals surface area contributed by atoms with E-state index >= 15 is 0 Å². The fourth-order valence-corrected chi connectivity index (χ4v) is 3.38. The highest BCUT2D eigenvalue weighted by Gasteiger charge is 2.35. The van der Waals surface area contributed by atoms with E-state index in [1.165, 1.54) is 0 Å². The number of anilines is 1. The molecule has 1 aliphatic rings. The van der Waals surface area contributed by atoms with Gasteiger partial charge in [-0.3, -0.25) is 9.59 Å². The molecule has 3 rings (SSSR count). The highest BCUT2D eigenvalue weighted by atomic mass is 16.4. The Morgan fingerprint density at radius 3 is 2.20 bits per heavy atom.